The molecular formula is C11H10ClFN2. The normalized spacial score (nSPS) is 10.6. The van der Waals surface area contributed by atoms with Crippen LogP contribution < -0.4 is 0 Å². The second-order valence-electron chi connectivity index (χ2n) is 3.34. The van der Waals surface area contributed by atoms with Crippen LogP contribution in [0.4, 0.5) is 4.39 Å². The molecular weight excluding hydrogens is 215 g/mol. The van der Waals surface area contributed by atoms with Crippen LogP contribution >= 0.6 is 11.6 Å². The maximum absolute atomic E-state index is 13.4. The number of nitrogens with zero attached hydrogens (tertiary/aromatic N) is 2. The highest BCUT2D eigenvalue weighted by atomic mass is 35.5. The van der Waals surface area contributed by atoms with Crippen LogP contribution in [-0.4, -0.2) is 9.55 Å². The molecule has 0 unspecified atom stereocenters. The predicted octanol–water partition coefficient (Wildman–Crippen LogP) is 3.03. The molecule has 0 atom stereocenters. The summed E-state index contributed by atoms with van der Waals surface area (Å²) in [5.74, 6) is 0.613. The summed E-state index contributed by atoms with van der Waals surface area (Å²) in [5, 5.41) is 0.546. The molecule has 4 heteroatoms. The number of aryl methyl sites for hydroxylation is 1. The van der Waals surface area contributed by atoms with E-state index in [1.807, 2.05) is 17.7 Å². The molecule has 15 heavy (non-hydrogen) atoms. The highest BCUT2D eigenvalue weighted by Gasteiger charge is 2.05. The summed E-state index contributed by atoms with van der Waals surface area (Å²) in [6.07, 6.45) is 3.51. The summed E-state index contributed by atoms with van der Waals surface area (Å²) in [4.78, 5) is 4.07. The van der Waals surface area contributed by atoms with Crippen molar-refractivity contribution < 1.29 is 4.39 Å². The monoisotopic (exact) mass is 224 g/mol. The van der Waals surface area contributed by atoms with E-state index in [1.165, 1.54) is 6.07 Å². The molecule has 0 aliphatic heterocycles. The van der Waals surface area contributed by atoms with E-state index in [1.54, 1.807) is 18.3 Å². The van der Waals surface area contributed by atoms with Gasteiger partial charge in [-0.2, -0.15) is 0 Å². The third-order valence-corrected chi connectivity index (χ3v) is 2.51. The number of rotatable bonds is 2. The molecule has 0 aliphatic rings. The molecule has 1 aromatic heterocycles. The molecule has 0 aliphatic carbocycles. The summed E-state index contributed by atoms with van der Waals surface area (Å²) in [6.45, 7) is 2.33. The van der Waals surface area contributed by atoms with Crippen LogP contribution in [0.1, 0.15) is 11.4 Å². The first-order valence-electron chi connectivity index (χ1n) is 4.58. The van der Waals surface area contributed by atoms with Crippen molar-refractivity contribution in [2.45, 2.75) is 13.5 Å². The molecule has 2 aromatic rings. The molecule has 0 saturated heterocycles. The Labute approximate surface area is 92.3 Å². The second-order valence-corrected chi connectivity index (χ2v) is 3.77. The van der Waals surface area contributed by atoms with Gasteiger partial charge in [-0.15, -0.1) is 0 Å². The van der Waals surface area contributed by atoms with Crippen molar-refractivity contribution in [3.63, 3.8) is 0 Å². The van der Waals surface area contributed by atoms with Gasteiger partial charge in [0, 0.05) is 23.0 Å². The maximum atomic E-state index is 13.4. The summed E-state index contributed by atoms with van der Waals surface area (Å²) >= 11 is 5.81. The SMILES string of the molecule is Cc1nccn1Cc1cc(Cl)ccc1F. The highest BCUT2D eigenvalue weighted by Crippen LogP contribution is 2.16. The smallest absolute Gasteiger partial charge is 0.128 e. The van der Waals surface area contributed by atoms with Gasteiger partial charge >= 0.3 is 0 Å². The minimum Gasteiger partial charge on any atom is -0.331 e. The van der Waals surface area contributed by atoms with Crippen molar-refractivity contribution in [3.05, 3.63) is 52.8 Å². The third-order valence-electron chi connectivity index (χ3n) is 2.27. The fourth-order valence-electron chi connectivity index (χ4n) is 1.42. The van der Waals surface area contributed by atoms with E-state index in [4.69, 9.17) is 11.6 Å². The lowest BCUT2D eigenvalue weighted by Crippen LogP contribution is -2.02. The van der Waals surface area contributed by atoms with Crippen LogP contribution in [0, 0.1) is 12.7 Å². The van der Waals surface area contributed by atoms with Gasteiger partial charge in [-0.1, -0.05) is 11.6 Å². The molecule has 0 bridgehead atoms. The number of hydrogen-bond donors (Lipinski definition) is 0. The maximum Gasteiger partial charge on any atom is 0.128 e. The van der Waals surface area contributed by atoms with Gasteiger partial charge in [-0.05, 0) is 25.1 Å². The van der Waals surface area contributed by atoms with Gasteiger partial charge in [0.1, 0.15) is 11.6 Å². The van der Waals surface area contributed by atoms with Gasteiger partial charge in [0.25, 0.3) is 0 Å². The van der Waals surface area contributed by atoms with E-state index in [0.29, 0.717) is 17.1 Å². The zero-order valence-electron chi connectivity index (χ0n) is 8.24. The first-order chi connectivity index (χ1) is 7.16. The Morgan fingerprint density at radius 2 is 2.27 bits per heavy atom. The Morgan fingerprint density at radius 3 is 2.93 bits per heavy atom. The number of hydrogen-bond acceptors (Lipinski definition) is 1. The number of imidazole rings is 1. The van der Waals surface area contributed by atoms with Gasteiger partial charge in [0.2, 0.25) is 0 Å². The van der Waals surface area contributed by atoms with E-state index < -0.39 is 0 Å². The Balaban J connectivity index is 2.32. The lowest BCUT2D eigenvalue weighted by atomic mass is 10.2. The van der Waals surface area contributed by atoms with E-state index in [-0.39, 0.29) is 5.82 Å². The second kappa shape index (κ2) is 4.03. The van der Waals surface area contributed by atoms with Crippen LogP contribution in [0.5, 0.6) is 0 Å². The van der Waals surface area contributed by atoms with Crippen LogP contribution in [0.2, 0.25) is 5.02 Å². The van der Waals surface area contributed by atoms with Crippen molar-refractivity contribution in [2.75, 3.05) is 0 Å². The Hall–Kier alpha value is -1.35. The first-order valence-corrected chi connectivity index (χ1v) is 4.96. The third kappa shape index (κ3) is 2.18. The summed E-state index contributed by atoms with van der Waals surface area (Å²) < 4.78 is 15.3. The van der Waals surface area contributed by atoms with Crippen LogP contribution in [0.3, 0.4) is 0 Å². The van der Waals surface area contributed by atoms with Crippen LogP contribution in [-0.2, 0) is 6.54 Å². The van der Waals surface area contributed by atoms with Gasteiger partial charge in [-0.3, -0.25) is 0 Å². The van der Waals surface area contributed by atoms with Crippen LogP contribution in [0.15, 0.2) is 30.6 Å². The molecule has 2 nitrogen and oxygen atoms in total. The van der Waals surface area contributed by atoms with Crippen molar-refractivity contribution in [2.24, 2.45) is 0 Å². The molecule has 0 fully saturated rings. The van der Waals surface area contributed by atoms with E-state index in [9.17, 15) is 4.39 Å². The zero-order chi connectivity index (χ0) is 10.8. The molecule has 1 aromatic carbocycles. The molecule has 0 N–H and O–H groups in total. The standard InChI is InChI=1S/C11H10ClFN2/c1-8-14-4-5-15(8)7-9-6-10(12)2-3-11(9)13/h2-6H,7H2,1H3. The quantitative estimate of drug-likeness (QED) is 0.767. The zero-order valence-corrected chi connectivity index (χ0v) is 9.00. The minimum absolute atomic E-state index is 0.243. The molecule has 0 spiro atoms. The number of benzene rings is 1. The van der Waals surface area contributed by atoms with Crippen molar-refractivity contribution in [1.82, 2.24) is 9.55 Å². The van der Waals surface area contributed by atoms with E-state index in [2.05, 4.69) is 4.98 Å². The molecule has 0 saturated carbocycles. The van der Waals surface area contributed by atoms with E-state index in [0.717, 1.165) is 5.82 Å². The molecule has 2 rings (SSSR count). The van der Waals surface area contributed by atoms with Gasteiger partial charge in [0.15, 0.2) is 0 Å². The van der Waals surface area contributed by atoms with Crippen molar-refractivity contribution in [3.8, 4) is 0 Å². The summed E-state index contributed by atoms with van der Waals surface area (Å²) in [7, 11) is 0. The Bertz CT molecular complexity index is 479. The average molecular weight is 225 g/mol. The van der Waals surface area contributed by atoms with Crippen LogP contribution in [0.25, 0.3) is 0 Å². The van der Waals surface area contributed by atoms with Gasteiger partial charge in [-0.25, -0.2) is 9.37 Å². The highest BCUT2D eigenvalue weighted by molar-refractivity contribution is 6.30. The molecule has 0 amide bonds. The largest absolute Gasteiger partial charge is 0.331 e. The average Bonchev–Trinajstić information content (AvgIpc) is 2.58. The molecule has 1 heterocycles. The summed E-state index contributed by atoms with van der Waals surface area (Å²) in [5.41, 5.74) is 0.573. The fourth-order valence-corrected chi connectivity index (χ4v) is 1.61. The van der Waals surface area contributed by atoms with Crippen molar-refractivity contribution >= 4 is 11.6 Å². The molecule has 78 valence electrons. The number of halogens is 2. The molecule has 0 radical (unpaired) electrons. The topological polar surface area (TPSA) is 17.8 Å². The summed E-state index contributed by atoms with van der Waals surface area (Å²) in [6, 6.07) is 4.56. The number of aromatic nitrogens is 2. The van der Waals surface area contributed by atoms with Gasteiger partial charge < -0.3 is 4.57 Å². The fraction of sp³-hybridized carbons (Fsp3) is 0.182. The van der Waals surface area contributed by atoms with E-state index >= 15 is 0 Å². The first kappa shape index (κ1) is 10.2. The Kier molecular flexibility index (Phi) is 2.73. The minimum atomic E-state index is -0.243. The predicted molar refractivity (Wildman–Crippen MR) is 57.5 cm³/mol. The van der Waals surface area contributed by atoms with Crippen molar-refractivity contribution in [1.29, 1.82) is 0 Å². The lowest BCUT2D eigenvalue weighted by Gasteiger charge is -2.06. The lowest BCUT2D eigenvalue weighted by molar-refractivity contribution is 0.597. The van der Waals surface area contributed by atoms with Gasteiger partial charge in [0.05, 0.1) is 6.54 Å². The Morgan fingerprint density at radius 1 is 1.47 bits per heavy atom.